The van der Waals surface area contributed by atoms with Crippen molar-refractivity contribution < 1.29 is 0 Å². The van der Waals surface area contributed by atoms with Crippen LogP contribution in [0.1, 0.15) is 22.3 Å². The number of hydrogen-bond donors (Lipinski definition) is 0. The van der Waals surface area contributed by atoms with Gasteiger partial charge in [-0.15, -0.1) is 0 Å². The molecule has 7 aromatic carbocycles. The lowest BCUT2D eigenvalue weighted by molar-refractivity contribution is 1.17. The standard InChI is InChI=1S/C50H27N7/c51-28-32-19-21-47-41(23-32)42-24-33(29-52)20-22-48(42)57(47)49-43(39-17-9-7-15-36(39)30-53)25-38(26-44(49)40-18-10-8-16-37(40)31-54)46-27-45(34-11-3-1-4-12-34)55-50(56-46)35-13-5-2-6-14-35/h1-27H. The molecule has 0 radical (unpaired) electrons. The van der Waals surface area contributed by atoms with Gasteiger partial charge in [0.2, 0.25) is 0 Å². The molecule has 9 aromatic rings. The predicted octanol–water partition coefficient (Wildman–Crippen LogP) is 11.4. The minimum absolute atomic E-state index is 0.465. The summed E-state index contributed by atoms with van der Waals surface area (Å²) in [6, 6.07) is 61.3. The quantitative estimate of drug-likeness (QED) is 0.168. The highest BCUT2D eigenvalue weighted by molar-refractivity contribution is 6.12. The van der Waals surface area contributed by atoms with Gasteiger partial charge in [-0.3, -0.25) is 0 Å². The van der Waals surface area contributed by atoms with Crippen LogP contribution in [0.5, 0.6) is 0 Å². The molecule has 9 rings (SSSR count). The smallest absolute Gasteiger partial charge is 0.160 e. The second-order valence-electron chi connectivity index (χ2n) is 13.5. The first-order valence-electron chi connectivity index (χ1n) is 18.1. The maximum absolute atomic E-state index is 10.6. The van der Waals surface area contributed by atoms with E-state index in [2.05, 4.69) is 41.0 Å². The molecule has 0 aliphatic heterocycles. The van der Waals surface area contributed by atoms with Crippen molar-refractivity contribution in [2.24, 2.45) is 0 Å². The highest BCUT2D eigenvalue weighted by Gasteiger charge is 2.25. The predicted molar refractivity (Wildman–Crippen MR) is 222 cm³/mol. The second-order valence-corrected chi connectivity index (χ2v) is 13.5. The molecule has 262 valence electrons. The van der Waals surface area contributed by atoms with E-state index in [0.29, 0.717) is 44.9 Å². The van der Waals surface area contributed by atoms with E-state index in [1.54, 1.807) is 24.3 Å². The summed E-state index contributed by atoms with van der Waals surface area (Å²) in [5, 5.41) is 42.6. The van der Waals surface area contributed by atoms with Crippen LogP contribution < -0.4 is 0 Å². The maximum Gasteiger partial charge on any atom is 0.160 e. The first-order chi connectivity index (χ1) is 28.1. The van der Waals surface area contributed by atoms with Gasteiger partial charge in [0.05, 0.1) is 74.6 Å². The van der Waals surface area contributed by atoms with Crippen molar-refractivity contribution in [1.82, 2.24) is 14.5 Å². The minimum Gasteiger partial charge on any atom is -0.308 e. The van der Waals surface area contributed by atoms with Crippen molar-refractivity contribution in [3.05, 3.63) is 186 Å². The molecule has 0 fully saturated rings. The lowest BCUT2D eigenvalue weighted by atomic mass is 9.88. The number of nitriles is 4. The van der Waals surface area contributed by atoms with E-state index < -0.39 is 0 Å². The van der Waals surface area contributed by atoms with Crippen molar-refractivity contribution in [3.8, 4) is 86.1 Å². The number of benzene rings is 7. The van der Waals surface area contributed by atoms with Crippen molar-refractivity contribution in [3.63, 3.8) is 0 Å². The van der Waals surface area contributed by atoms with Gasteiger partial charge in [0.1, 0.15) is 0 Å². The van der Waals surface area contributed by atoms with Crippen LogP contribution in [0.2, 0.25) is 0 Å². The Kier molecular flexibility index (Phi) is 8.58. The lowest BCUT2D eigenvalue weighted by Crippen LogP contribution is -2.04. The molecule has 0 unspecified atom stereocenters. The summed E-state index contributed by atoms with van der Waals surface area (Å²) in [4.78, 5) is 10.2. The third kappa shape index (κ3) is 6.01. The first kappa shape index (κ1) is 34.2. The lowest BCUT2D eigenvalue weighted by Gasteiger charge is -2.22. The van der Waals surface area contributed by atoms with E-state index in [1.165, 1.54) is 0 Å². The Bertz CT molecular complexity index is 3020. The average molecular weight is 726 g/mol. The fourth-order valence-electron chi connectivity index (χ4n) is 7.54. The number of rotatable bonds is 6. The van der Waals surface area contributed by atoms with Gasteiger partial charge < -0.3 is 4.57 Å². The van der Waals surface area contributed by atoms with Gasteiger partial charge in [0.15, 0.2) is 5.82 Å². The van der Waals surface area contributed by atoms with E-state index in [1.807, 2.05) is 127 Å². The maximum atomic E-state index is 10.6. The van der Waals surface area contributed by atoms with E-state index in [0.717, 1.165) is 61.0 Å². The van der Waals surface area contributed by atoms with Crippen molar-refractivity contribution in [2.75, 3.05) is 0 Å². The van der Waals surface area contributed by atoms with Crippen LogP contribution in [0.4, 0.5) is 0 Å². The number of hydrogen-bond acceptors (Lipinski definition) is 6. The van der Waals surface area contributed by atoms with Gasteiger partial charge in [-0.25, -0.2) is 9.97 Å². The van der Waals surface area contributed by atoms with E-state index in [-0.39, 0.29) is 0 Å². The fourth-order valence-corrected chi connectivity index (χ4v) is 7.54. The zero-order valence-corrected chi connectivity index (χ0v) is 30.2. The summed E-state index contributed by atoms with van der Waals surface area (Å²) in [5.74, 6) is 0.554. The van der Waals surface area contributed by atoms with Crippen LogP contribution in [-0.2, 0) is 0 Å². The Morgan fingerprint density at radius 1 is 0.386 bits per heavy atom. The average Bonchev–Trinajstić information content (AvgIpc) is 3.61. The number of aromatic nitrogens is 3. The zero-order valence-electron chi connectivity index (χ0n) is 30.2. The normalized spacial score (nSPS) is 10.7. The highest BCUT2D eigenvalue weighted by Crippen LogP contribution is 2.45. The molecule has 2 aromatic heterocycles. The van der Waals surface area contributed by atoms with E-state index in [4.69, 9.17) is 9.97 Å². The summed E-state index contributed by atoms with van der Waals surface area (Å²) >= 11 is 0. The van der Waals surface area contributed by atoms with E-state index >= 15 is 0 Å². The highest BCUT2D eigenvalue weighted by atomic mass is 15.0. The van der Waals surface area contributed by atoms with Crippen LogP contribution in [0.3, 0.4) is 0 Å². The molecule has 0 amide bonds. The zero-order chi connectivity index (χ0) is 38.9. The van der Waals surface area contributed by atoms with Crippen molar-refractivity contribution in [1.29, 1.82) is 21.0 Å². The fraction of sp³-hybridized carbons (Fsp3) is 0. The Balaban J connectivity index is 1.47. The summed E-state index contributed by atoms with van der Waals surface area (Å²) in [7, 11) is 0. The first-order valence-corrected chi connectivity index (χ1v) is 18.1. The third-order valence-electron chi connectivity index (χ3n) is 10.2. The van der Waals surface area contributed by atoms with Gasteiger partial charge >= 0.3 is 0 Å². The van der Waals surface area contributed by atoms with Crippen LogP contribution in [0, 0.1) is 45.3 Å². The molecular formula is C50H27N7. The molecule has 7 heteroatoms. The Morgan fingerprint density at radius 2 is 0.842 bits per heavy atom. The summed E-state index contributed by atoms with van der Waals surface area (Å²) < 4.78 is 2.12. The summed E-state index contributed by atoms with van der Waals surface area (Å²) in [5.41, 5.74) is 10.9. The minimum atomic E-state index is 0.465. The van der Waals surface area contributed by atoms with Crippen LogP contribution >= 0.6 is 0 Å². The molecule has 0 aliphatic carbocycles. The summed E-state index contributed by atoms with van der Waals surface area (Å²) in [6.45, 7) is 0. The van der Waals surface area contributed by atoms with Crippen molar-refractivity contribution in [2.45, 2.75) is 0 Å². The topological polar surface area (TPSA) is 126 Å². The molecule has 0 saturated carbocycles. The van der Waals surface area contributed by atoms with Gasteiger partial charge in [0, 0.05) is 49.7 Å². The summed E-state index contributed by atoms with van der Waals surface area (Å²) in [6.07, 6.45) is 0. The molecule has 7 nitrogen and oxygen atoms in total. The van der Waals surface area contributed by atoms with Gasteiger partial charge in [-0.1, -0.05) is 97.1 Å². The Hall–Kier alpha value is -8.62. The van der Waals surface area contributed by atoms with Gasteiger partial charge in [-0.05, 0) is 66.7 Å². The van der Waals surface area contributed by atoms with Crippen LogP contribution in [0.15, 0.2) is 164 Å². The van der Waals surface area contributed by atoms with Crippen LogP contribution in [0.25, 0.3) is 83.6 Å². The van der Waals surface area contributed by atoms with Crippen LogP contribution in [-0.4, -0.2) is 14.5 Å². The monoisotopic (exact) mass is 725 g/mol. The second kappa shape index (κ2) is 14.3. The molecule has 0 atom stereocenters. The Labute approximate surface area is 328 Å². The van der Waals surface area contributed by atoms with E-state index in [9.17, 15) is 21.0 Å². The molecule has 0 aliphatic rings. The molecule has 57 heavy (non-hydrogen) atoms. The molecule has 0 bridgehead atoms. The molecular weight excluding hydrogens is 699 g/mol. The molecule has 0 spiro atoms. The third-order valence-corrected chi connectivity index (χ3v) is 10.2. The number of nitrogens with zero attached hydrogens (tertiary/aromatic N) is 7. The molecule has 2 heterocycles. The largest absolute Gasteiger partial charge is 0.308 e. The molecule has 0 N–H and O–H groups in total. The number of fused-ring (bicyclic) bond motifs is 3. The Morgan fingerprint density at radius 3 is 1.33 bits per heavy atom. The molecule has 0 saturated heterocycles. The SMILES string of the molecule is N#Cc1ccc2c(c1)c1cc(C#N)ccc1n2-c1c(-c2ccccc2C#N)cc(-c2cc(-c3ccccc3)nc(-c3ccccc3)n2)cc1-c1ccccc1C#N. The van der Waals surface area contributed by atoms with Gasteiger partial charge in [0.25, 0.3) is 0 Å². The van der Waals surface area contributed by atoms with Gasteiger partial charge in [-0.2, -0.15) is 21.0 Å². The van der Waals surface area contributed by atoms with Crippen molar-refractivity contribution >= 4 is 21.8 Å².